The minimum absolute atomic E-state index is 0.0250. The van der Waals surface area contributed by atoms with Crippen LogP contribution >= 0.6 is 23.2 Å². The third-order valence-corrected chi connectivity index (χ3v) is 6.77. The van der Waals surface area contributed by atoms with Crippen molar-refractivity contribution in [2.75, 3.05) is 7.11 Å². The molecule has 10 heteroatoms. The third-order valence-electron chi connectivity index (χ3n) is 4.72. The van der Waals surface area contributed by atoms with Gasteiger partial charge in [-0.1, -0.05) is 29.3 Å². The Morgan fingerprint density at radius 1 is 1.20 bits per heavy atom. The van der Waals surface area contributed by atoms with E-state index in [0.29, 0.717) is 16.5 Å². The molecule has 0 atom stereocenters. The van der Waals surface area contributed by atoms with Crippen LogP contribution in [0.15, 0.2) is 53.7 Å². The molecule has 0 bridgehead atoms. The van der Waals surface area contributed by atoms with Crippen LogP contribution in [0.5, 0.6) is 5.75 Å². The molecule has 1 fully saturated rings. The summed E-state index contributed by atoms with van der Waals surface area (Å²) in [6.07, 6.45) is 3.28. The van der Waals surface area contributed by atoms with Crippen molar-refractivity contribution in [3.05, 3.63) is 70.2 Å². The highest BCUT2D eigenvalue weighted by molar-refractivity contribution is 7.90. The molecule has 1 aliphatic carbocycles. The molecule has 0 spiro atoms. The number of aromatic nitrogens is 2. The zero-order valence-electron chi connectivity index (χ0n) is 15.8. The van der Waals surface area contributed by atoms with Crippen LogP contribution in [0.25, 0.3) is 5.69 Å². The molecule has 1 heterocycles. The van der Waals surface area contributed by atoms with E-state index < -0.39 is 15.9 Å². The lowest BCUT2D eigenvalue weighted by Gasteiger charge is -2.11. The van der Waals surface area contributed by atoms with Gasteiger partial charge in [-0.15, -0.1) is 0 Å². The summed E-state index contributed by atoms with van der Waals surface area (Å²) in [6.45, 7) is 0. The maximum absolute atomic E-state index is 12.9. The van der Waals surface area contributed by atoms with Crippen LogP contribution < -0.4 is 9.46 Å². The Morgan fingerprint density at radius 3 is 2.63 bits per heavy atom. The maximum Gasteiger partial charge on any atom is 0.285 e. The van der Waals surface area contributed by atoms with Crippen LogP contribution in [-0.2, 0) is 10.0 Å². The minimum atomic E-state index is -4.24. The fourth-order valence-electron chi connectivity index (χ4n) is 3.15. The SMILES string of the molecule is COc1ccc(Cl)c(S(=O)(=O)NC(=O)c2ncn(-c3cccc(Cl)c3)c2C2CC2)c1. The highest BCUT2D eigenvalue weighted by Crippen LogP contribution is 2.42. The summed E-state index contributed by atoms with van der Waals surface area (Å²) in [6, 6.07) is 11.3. The fourth-order valence-corrected chi connectivity index (χ4v) is 4.81. The van der Waals surface area contributed by atoms with Gasteiger partial charge in [0, 0.05) is 22.7 Å². The van der Waals surface area contributed by atoms with E-state index in [2.05, 4.69) is 9.71 Å². The van der Waals surface area contributed by atoms with Crippen LogP contribution in [0.2, 0.25) is 10.0 Å². The second-order valence-corrected chi connectivity index (χ2v) is 9.33. The lowest BCUT2D eigenvalue weighted by Crippen LogP contribution is -2.31. The minimum Gasteiger partial charge on any atom is -0.497 e. The summed E-state index contributed by atoms with van der Waals surface area (Å²) in [5.41, 5.74) is 1.46. The Bertz CT molecular complexity index is 1240. The number of carbonyl (C=O) groups is 1. The first kappa shape index (κ1) is 20.7. The second kappa shape index (κ2) is 7.94. The molecule has 0 radical (unpaired) electrons. The second-order valence-electron chi connectivity index (χ2n) is 6.83. The summed E-state index contributed by atoms with van der Waals surface area (Å²) < 4.78 is 34.5. The lowest BCUT2D eigenvalue weighted by atomic mass is 10.2. The summed E-state index contributed by atoms with van der Waals surface area (Å²) in [5, 5.41) is 0.521. The van der Waals surface area contributed by atoms with Crippen molar-refractivity contribution in [3.63, 3.8) is 0 Å². The normalized spacial score (nSPS) is 13.8. The summed E-state index contributed by atoms with van der Waals surface area (Å²) in [7, 11) is -2.83. The predicted molar refractivity (Wildman–Crippen MR) is 113 cm³/mol. The van der Waals surface area contributed by atoms with E-state index in [0.717, 1.165) is 18.5 Å². The van der Waals surface area contributed by atoms with Crippen LogP contribution in [0.1, 0.15) is 34.9 Å². The first-order valence-corrected chi connectivity index (χ1v) is 11.3. The molecule has 156 valence electrons. The van der Waals surface area contributed by atoms with Crippen LogP contribution in [0.3, 0.4) is 0 Å². The maximum atomic E-state index is 12.9. The molecule has 0 aliphatic heterocycles. The molecular weight excluding hydrogens is 449 g/mol. The van der Waals surface area contributed by atoms with Gasteiger partial charge < -0.3 is 9.30 Å². The van der Waals surface area contributed by atoms with Crippen molar-refractivity contribution in [2.45, 2.75) is 23.7 Å². The number of sulfonamides is 1. The monoisotopic (exact) mass is 465 g/mol. The average Bonchev–Trinajstić information content (AvgIpc) is 3.45. The van der Waals surface area contributed by atoms with Gasteiger partial charge in [-0.2, -0.15) is 0 Å². The standard InChI is InChI=1S/C20H17Cl2N3O4S/c1-29-15-7-8-16(22)17(10-15)30(27,28)24-20(26)18-19(12-5-6-12)25(11-23-18)14-4-2-3-13(21)9-14/h2-4,7-12H,5-6H2,1H3,(H,24,26). The van der Waals surface area contributed by atoms with Crippen LogP contribution in [0, 0.1) is 0 Å². The van der Waals surface area contributed by atoms with Gasteiger partial charge in [0.05, 0.1) is 17.8 Å². The number of ether oxygens (including phenoxy) is 1. The smallest absolute Gasteiger partial charge is 0.285 e. The van der Waals surface area contributed by atoms with Crippen molar-refractivity contribution in [3.8, 4) is 11.4 Å². The van der Waals surface area contributed by atoms with Gasteiger partial charge in [0.25, 0.3) is 15.9 Å². The molecule has 1 aromatic heterocycles. The number of hydrogen-bond acceptors (Lipinski definition) is 5. The number of hydrogen-bond donors (Lipinski definition) is 1. The molecule has 4 rings (SSSR count). The number of nitrogens with one attached hydrogen (secondary N) is 1. The predicted octanol–water partition coefficient (Wildman–Crippen LogP) is 4.18. The highest BCUT2D eigenvalue weighted by atomic mass is 35.5. The van der Waals surface area contributed by atoms with Crippen molar-refractivity contribution in [2.24, 2.45) is 0 Å². The van der Waals surface area contributed by atoms with E-state index in [1.165, 1.54) is 31.6 Å². The van der Waals surface area contributed by atoms with Gasteiger partial charge in [-0.25, -0.2) is 18.1 Å². The number of methoxy groups -OCH3 is 1. The van der Waals surface area contributed by atoms with Crippen molar-refractivity contribution in [1.82, 2.24) is 14.3 Å². The van der Waals surface area contributed by atoms with E-state index >= 15 is 0 Å². The van der Waals surface area contributed by atoms with E-state index in [9.17, 15) is 13.2 Å². The molecule has 1 N–H and O–H groups in total. The summed E-state index contributed by atoms with van der Waals surface area (Å²) in [4.78, 5) is 16.8. The first-order chi connectivity index (χ1) is 14.3. The van der Waals surface area contributed by atoms with E-state index in [-0.39, 0.29) is 21.5 Å². The van der Waals surface area contributed by atoms with Gasteiger partial charge in [-0.05, 0) is 43.2 Å². The molecule has 1 amide bonds. The summed E-state index contributed by atoms with van der Waals surface area (Å²) >= 11 is 12.1. The van der Waals surface area contributed by atoms with Crippen molar-refractivity contribution >= 4 is 39.1 Å². The molecule has 2 aromatic carbocycles. The van der Waals surface area contributed by atoms with E-state index in [1.807, 2.05) is 6.07 Å². The highest BCUT2D eigenvalue weighted by Gasteiger charge is 2.34. The zero-order chi connectivity index (χ0) is 21.5. The molecule has 1 saturated carbocycles. The quantitative estimate of drug-likeness (QED) is 0.589. The van der Waals surface area contributed by atoms with Gasteiger partial charge in [0.15, 0.2) is 5.69 Å². The van der Waals surface area contributed by atoms with E-state index in [4.69, 9.17) is 27.9 Å². The fraction of sp³-hybridized carbons (Fsp3) is 0.200. The zero-order valence-corrected chi connectivity index (χ0v) is 18.1. The molecule has 0 unspecified atom stereocenters. The number of benzene rings is 2. The third kappa shape index (κ3) is 4.03. The Labute approximate surface area is 183 Å². The van der Waals surface area contributed by atoms with Gasteiger partial charge >= 0.3 is 0 Å². The van der Waals surface area contributed by atoms with Crippen molar-refractivity contribution < 1.29 is 17.9 Å². The number of halogens is 2. The number of rotatable bonds is 6. The number of carbonyl (C=O) groups excluding carboxylic acids is 1. The molecule has 0 saturated heterocycles. The van der Waals surface area contributed by atoms with Crippen LogP contribution in [-0.4, -0.2) is 31.0 Å². The molecule has 1 aliphatic rings. The average molecular weight is 466 g/mol. The van der Waals surface area contributed by atoms with Gasteiger partial charge in [0.1, 0.15) is 17.0 Å². The van der Waals surface area contributed by atoms with Crippen LogP contribution in [0.4, 0.5) is 0 Å². The number of amides is 1. The largest absolute Gasteiger partial charge is 0.497 e. The molecule has 7 nitrogen and oxygen atoms in total. The molecular formula is C20H17Cl2N3O4S. The number of nitrogens with zero attached hydrogens (tertiary/aromatic N) is 2. The molecule has 30 heavy (non-hydrogen) atoms. The first-order valence-electron chi connectivity index (χ1n) is 9.04. The Balaban J connectivity index is 1.69. The lowest BCUT2D eigenvalue weighted by molar-refractivity contribution is 0.0976. The Morgan fingerprint density at radius 2 is 1.97 bits per heavy atom. The van der Waals surface area contributed by atoms with Gasteiger partial charge in [0.2, 0.25) is 0 Å². The Hall–Kier alpha value is -2.55. The number of imidazole rings is 1. The molecule has 3 aromatic rings. The summed E-state index contributed by atoms with van der Waals surface area (Å²) in [5.74, 6) is -0.400. The van der Waals surface area contributed by atoms with Crippen molar-refractivity contribution in [1.29, 1.82) is 0 Å². The Kier molecular flexibility index (Phi) is 5.48. The van der Waals surface area contributed by atoms with E-state index in [1.54, 1.807) is 22.8 Å². The topological polar surface area (TPSA) is 90.3 Å². The van der Waals surface area contributed by atoms with Gasteiger partial charge in [-0.3, -0.25) is 4.79 Å².